The molecule has 0 aliphatic heterocycles. The molecule has 2 amide bonds. The molecule has 2 rings (SSSR count). The highest BCUT2D eigenvalue weighted by Crippen LogP contribution is 2.29. The molecule has 0 radical (unpaired) electrons. The molecule has 8 heteroatoms. The number of esters is 1. The summed E-state index contributed by atoms with van der Waals surface area (Å²) in [5.74, 6) is -1.52. The molecule has 0 aromatic heterocycles. The van der Waals surface area contributed by atoms with E-state index in [9.17, 15) is 14.4 Å². The maximum absolute atomic E-state index is 11.8. The SMILES string of the molecule is Cc1ccc(NC(=O)CCC(=O)OCC(=O)Nc2cccc(Cl)c2Cl)cc1. The second kappa shape index (κ2) is 9.94. The predicted molar refractivity (Wildman–Crippen MR) is 105 cm³/mol. The van der Waals surface area contributed by atoms with Gasteiger partial charge in [0.15, 0.2) is 6.61 Å². The summed E-state index contributed by atoms with van der Waals surface area (Å²) in [7, 11) is 0. The lowest BCUT2D eigenvalue weighted by atomic mass is 10.2. The van der Waals surface area contributed by atoms with Crippen molar-refractivity contribution in [3.63, 3.8) is 0 Å². The molecule has 0 aliphatic rings. The van der Waals surface area contributed by atoms with E-state index in [1.165, 1.54) is 0 Å². The number of halogens is 2. The van der Waals surface area contributed by atoms with Gasteiger partial charge in [-0.2, -0.15) is 0 Å². The van der Waals surface area contributed by atoms with E-state index in [1.807, 2.05) is 19.1 Å². The minimum atomic E-state index is -0.651. The van der Waals surface area contributed by atoms with Gasteiger partial charge in [0.1, 0.15) is 0 Å². The Bertz CT molecular complexity index is 838. The van der Waals surface area contributed by atoms with Gasteiger partial charge in [-0.05, 0) is 31.2 Å². The summed E-state index contributed by atoms with van der Waals surface area (Å²) in [6, 6.07) is 12.1. The summed E-state index contributed by atoms with van der Waals surface area (Å²) in [6.07, 6.45) is -0.183. The molecule has 0 saturated heterocycles. The van der Waals surface area contributed by atoms with Crippen molar-refractivity contribution >= 4 is 52.4 Å². The van der Waals surface area contributed by atoms with Crippen molar-refractivity contribution in [1.29, 1.82) is 0 Å². The fraction of sp³-hybridized carbons (Fsp3) is 0.211. The maximum Gasteiger partial charge on any atom is 0.306 e. The van der Waals surface area contributed by atoms with Crippen LogP contribution in [0.4, 0.5) is 11.4 Å². The minimum absolute atomic E-state index is 0.0472. The Hall–Kier alpha value is -2.57. The van der Waals surface area contributed by atoms with E-state index in [2.05, 4.69) is 10.6 Å². The number of aryl methyl sites for hydroxylation is 1. The van der Waals surface area contributed by atoms with Gasteiger partial charge in [-0.1, -0.05) is 47.0 Å². The van der Waals surface area contributed by atoms with Crippen molar-refractivity contribution in [2.75, 3.05) is 17.2 Å². The zero-order chi connectivity index (χ0) is 19.8. The topological polar surface area (TPSA) is 84.5 Å². The first-order chi connectivity index (χ1) is 12.8. The molecule has 0 heterocycles. The van der Waals surface area contributed by atoms with Crippen molar-refractivity contribution in [1.82, 2.24) is 0 Å². The molecule has 0 saturated carbocycles. The van der Waals surface area contributed by atoms with Gasteiger partial charge in [0.2, 0.25) is 5.91 Å². The summed E-state index contributed by atoms with van der Waals surface area (Å²) < 4.78 is 4.86. The predicted octanol–water partition coefficient (Wildman–Crippen LogP) is 4.20. The number of benzene rings is 2. The highest BCUT2D eigenvalue weighted by Gasteiger charge is 2.12. The largest absolute Gasteiger partial charge is 0.456 e. The molecule has 0 spiro atoms. The Balaban J connectivity index is 1.70. The second-order valence-corrected chi connectivity index (χ2v) is 6.51. The third kappa shape index (κ3) is 6.92. The number of ether oxygens (including phenoxy) is 1. The average Bonchev–Trinajstić information content (AvgIpc) is 2.64. The Labute approximate surface area is 166 Å². The summed E-state index contributed by atoms with van der Waals surface area (Å²) >= 11 is 11.8. The maximum atomic E-state index is 11.8. The highest BCUT2D eigenvalue weighted by molar-refractivity contribution is 6.44. The van der Waals surface area contributed by atoms with E-state index in [4.69, 9.17) is 27.9 Å². The van der Waals surface area contributed by atoms with Crippen LogP contribution in [-0.4, -0.2) is 24.4 Å². The second-order valence-electron chi connectivity index (χ2n) is 5.72. The number of hydrogen-bond donors (Lipinski definition) is 2. The van der Waals surface area contributed by atoms with E-state index in [1.54, 1.807) is 30.3 Å². The Morgan fingerprint density at radius 1 is 0.926 bits per heavy atom. The zero-order valence-corrected chi connectivity index (χ0v) is 16.1. The van der Waals surface area contributed by atoms with E-state index >= 15 is 0 Å². The number of hydrogen-bond acceptors (Lipinski definition) is 4. The van der Waals surface area contributed by atoms with E-state index < -0.39 is 18.5 Å². The fourth-order valence-corrected chi connectivity index (χ4v) is 2.43. The number of carbonyl (C=O) groups excluding carboxylic acids is 3. The Morgan fingerprint density at radius 3 is 2.33 bits per heavy atom. The van der Waals surface area contributed by atoms with Crippen molar-refractivity contribution in [3.8, 4) is 0 Å². The van der Waals surface area contributed by atoms with Crippen molar-refractivity contribution in [2.45, 2.75) is 19.8 Å². The molecule has 0 bridgehead atoms. The fourth-order valence-electron chi connectivity index (χ4n) is 2.08. The van der Waals surface area contributed by atoms with Gasteiger partial charge in [0, 0.05) is 12.1 Å². The number of amides is 2. The molecule has 0 unspecified atom stereocenters. The molecule has 27 heavy (non-hydrogen) atoms. The molecule has 2 aromatic carbocycles. The van der Waals surface area contributed by atoms with Crippen molar-refractivity contribution < 1.29 is 19.1 Å². The minimum Gasteiger partial charge on any atom is -0.456 e. The van der Waals surface area contributed by atoms with E-state index in [0.29, 0.717) is 16.4 Å². The number of anilines is 2. The van der Waals surface area contributed by atoms with Crippen LogP contribution in [0.5, 0.6) is 0 Å². The monoisotopic (exact) mass is 408 g/mol. The van der Waals surface area contributed by atoms with Crippen LogP contribution in [0.15, 0.2) is 42.5 Å². The van der Waals surface area contributed by atoms with Gasteiger partial charge < -0.3 is 15.4 Å². The molecule has 6 nitrogen and oxygen atoms in total. The van der Waals surface area contributed by atoms with E-state index in [-0.39, 0.29) is 23.8 Å². The first kappa shape index (κ1) is 20.7. The van der Waals surface area contributed by atoms with Crippen molar-refractivity contribution in [3.05, 3.63) is 58.1 Å². The quantitative estimate of drug-likeness (QED) is 0.672. The summed E-state index contributed by atoms with van der Waals surface area (Å²) in [5.41, 5.74) is 2.05. The van der Waals surface area contributed by atoms with Crippen LogP contribution in [0.3, 0.4) is 0 Å². The number of nitrogens with one attached hydrogen (secondary N) is 2. The van der Waals surface area contributed by atoms with Crippen LogP contribution in [-0.2, 0) is 19.1 Å². The first-order valence-corrected chi connectivity index (χ1v) is 8.87. The molecule has 2 N–H and O–H groups in total. The van der Waals surface area contributed by atoms with Crippen LogP contribution < -0.4 is 10.6 Å². The molecular formula is C19H18Cl2N2O4. The summed E-state index contributed by atoms with van der Waals surface area (Å²) in [5, 5.41) is 5.67. The van der Waals surface area contributed by atoms with E-state index in [0.717, 1.165) is 5.56 Å². The molecule has 142 valence electrons. The third-order valence-electron chi connectivity index (χ3n) is 3.48. The van der Waals surface area contributed by atoms with Crippen LogP contribution in [0.1, 0.15) is 18.4 Å². The molecule has 0 aliphatic carbocycles. The highest BCUT2D eigenvalue weighted by atomic mass is 35.5. The van der Waals surface area contributed by atoms with Gasteiger partial charge in [-0.15, -0.1) is 0 Å². The number of rotatable bonds is 7. The zero-order valence-electron chi connectivity index (χ0n) is 14.6. The summed E-state index contributed by atoms with van der Waals surface area (Å²) in [6.45, 7) is 1.46. The Kier molecular flexibility index (Phi) is 7.64. The Morgan fingerprint density at radius 2 is 1.63 bits per heavy atom. The smallest absolute Gasteiger partial charge is 0.306 e. The molecular weight excluding hydrogens is 391 g/mol. The van der Waals surface area contributed by atoms with Crippen molar-refractivity contribution in [2.24, 2.45) is 0 Å². The first-order valence-electron chi connectivity index (χ1n) is 8.11. The summed E-state index contributed by atoms with van der Waals surface area (Å²) in [4.78, 5) is 35.3. The van der Waals surface area contributed by atoms with Crippen LogP contribution in [0, 0.1) is 6.92 Å². The van der Waals surface area contributed by atoms with Gasteiger partial charge in [-0.25, -0.2) is 0 Å². The van der Waals surface area contributed by atoms with Gasteiger partial charge in [0.05, 0.1) is 22.2 Å². The van der Waals surface area contributed by atoms with Crippen LogP contribution >= 0.6 is 23.2 Å². The normalized spacial score (nSPS) is 10.2. The van der Waals surface area contributed by atoms with Gasteiger partial charge in [0.25, 0.3) is 5.91 Å². The standard InChI is InChI=1S/C19H18Cl2N2O4/c1-12-5-7-13(8-6-12)22-16(24)9-10-18(26)27-11-17(25)23-15-4-2-3-14(20)19(15)21/h2-8H,9-11H2,1H3,(H,22,24)(H,23,25). The third-order valence-corrected chi connectivity index (χ3v) is 4.30. The molecule has 2 aromatic rings. The van der Waals surface area contributed by atoms with Crippen LogP contribution in [0.2, 0.25) is 10.0 Å². The van der Waals surface area contributed by atoms with Gasteiger partial charge >= 0.3 is 5.97 Å². The number of carbonyl (C=O) groups is 3. The lowest BCUT2D eigenvalue weighted by Crippen LogP contribution is -2.22. The lowest BCUT2D eigenvalue weighted by molar-refractivity contribution is -0.147. The lowest BCUT2D eigenvalue weighted by Gasteiger charge is -2.09. The average molecular weight is 409 g/mol. The molecule has 0 fully saturated rings. The van der Waals surface area contributed by atoms with Crippen LogP contribution in [0.25, 0.3) is 0 Å². The van der Waals surface area contributed by atoms with Gasteiger partial charge in [-0.3, -0.25) is 14.4 Å². The molecule has 0 atom stereocenters.